The monoisotopic (exact) mass is 373 g/mol. The van der Waals surface area contributed by atoms with Gasteiger partial charge in [-0.05, 0) is 20.8 Å². The molecule has 0 spiro atoms. The molecule has 0 aromatic heterocycles. The first-order valence-electron chi connectivity index (χ1n) is 4.10. The fourth-order valence-electron chi connectivity index (χ4n) is 0.912. The van der Waals surface area contributed by atoms with Crippen molar-refractivity contribution in [1.82, 2.24) is 0 Å². The van der Waals surface area contributed by atoms with Crippen LogP contribution in [0.4, 0.5) is 0 Å². The van der Waals surface area contributed by atoms with E-state index in [-0.39, 0.29) is 21.1 Å². The number of rotatable bonds is 6. The van der Waals surface area contributed by atoms with E-state index in [4.69, 9.17) is 13.3 Å². The Labute approximate surface area is 90.4 Å². The Kier molecular flexibility index (Phi) is 10.7. The molecule has 0 N–H and O–H groups in total. The molecule has 0 aliphatic heterocycles. The summed E-state index contributed by atoms with van der Waals surface area (Å²) in [5.41, 5.74) is 0. The van der Waals surface area contributed by atoms with Crippen molar-refractivity contribution in [2.45, 2.75) is 27.3 Å². The van der Waals surface area contributed by atoms with Crippen molar-refractivity contribution in [2.24, 2.45) is 0 Å². The van der Waals surface area contributed by atoms with Crippen LogP contribution >= 0.6 is 0 Å². The molecule has 0 aliphatic carbocycles. The number of hydrogen-bond acceptors (Lipinski definition) is 3. The Morgan fingerprint density at radius 2 is 1.08 bits per heavy atom. The molecule has 0 fully saturated rings. The van der Waals surface area contributed by atoms with Gasteiger partial charge in [0.2, 0.25) is 0 Å². The standard InChI is InChI=1S/C7H18O3Si.Pt/c1-5-8-11(4,9-6-2)10-7-3;/h5-7H2,1-4H3;. The molecule has 0 aromatic carbocycles. The van der Waals surface area contributed by atoms with E-state index in [1.165, 1.54) is 0 Å². The maximum atomic E-state index is 5.40. The van der Waals surface area contributed by atoms with E-state index in [1.54, 1.807) is 0 Å². The molecule has 0 aliphatic rings. The van der Waals surface area contributed by atoms with Crippen LogP contribution in [0.3, 0.4) is 0 Å². The first kappa shape index (κ1) is 15.3. The predicted molar refractivity (Wildman–Crippen MR) is 46.5 cm³/mol. The maximum Gasteiger partial charge on any atom is 0.497 e. The zero-order valence-corrected chi connectivity index (χ0v) is 11.4. The maximum absolute atomic E-state index is 5.40. The molecule has 3 nitrogen and oxygen atoms in total. The molecule has 0 heterocycles. The average molecular weight is 373 g/mol. The van der Waals surface area contributed by atoms with Gasteiger partial charge in [-0.25, -0.2) is 0 Å². The van der Waals surface area contributed by atoms with E-state index in [1.807, 2.05) is 27.3 Å². The van der Waals surface area contributed by atoms with Crippen LogP contribution in [-0.2, 0) is 34.3 Å². The summed E-state index contributed by atoms with van der Waals surface area (Å²) in [6.45, 7) is 9.73. The second-order valence-electron chi connectivity index (χ2n) is 2.16. The largest absolute Gasteiger partial charge is 0.497 e. The van der Waals surface area contributed by atoms with Gasteiger partial charge >= 0.3 is 8.80 Å². The molecule has 0 saturated heterocycles. The first-order valence-corrected chi connectivity index (χ1v) is 6.32. The van der Waals surface area contributed by atoms with Crippen LogP contribution in [0.5, 0.6) is 0 Å². The smallest absolute Gasteiger partial charge is 0.374 e. The molecular formula is C7H18O3PtSi. The Hall–Kier alpha value is 0.785. The van der Waals surface area contributed by atoms with Crippen molar-refractivity contribution >= 4 is 8.80 Å². The van der Waals surface area contributed by atoms with E-state index < -0.39 is 8.80 Å². The molecule has 0 unspecified atom stereocenters. The van der Waals surface area contributed by atoms with E-state index in [0.717, 1.165) is 0 Å². The van der Waals surface area contributed by atoms with Crippen LogP contribution < -0.4 is 0 Å². The second-order valence-corrected chi connectivity index (χ2v) is 4.75. The van der Waals surface area contributed by atoms with Crippen molar-refractivity contribution in [1.29, 1.82) is 0 Å². The molecule has 0 radical (unpaired) electrons. The van der Waals surface area contributed by atoms with Gasteiger partial charge in [0.05, 0.1) is 0 Å². The Morgan fingerprint density at radius 3 is 1.25 bits per heavy atom. The fraction of sp³-hybridized carbons (Fsp3) is 1.00. The second kappa shape index (κ2) is 8.39. The van der Waals surface area contributed by atoms with Crippen molar-refractivity contribution in [3.8, 4) is 0 Å². The summed E-state index contributed by atoms with van der Waals surface area (Å²) >= 11 is 0. The minimum atomic E-state index is -2.25. The molecular weight excluding hydrogens is 355 g/mol. The average Bonchev–Trinajstić information content (AvgIpc) is 1.88. The molecule has 5 heteroatoms. The summed E-state index contributed by atoms with van der Waals surface area (Å²) in [5, 5.41) is 0. The van der Waals surface area contributed by atoms with Crippen molar-refractivity contribution in [3.63, 3.8) is 0 Å². The Morgan fingerprint density at radius 1 is 0.833 bits per heavy atom. The summed E-state index contributed by atoms with van der Waals surface area (Å²) in [5.74, 6) is 0. The van der Waals surface area contributed by atoms with Crippen molar-refractivity contribution < 1.29 is 34.3 Å². The van der Waals surface area contributed by atoms with Crippen LogP contribution in [0, 0.1) is 0 Å². The van der Waals surface area contributed by atoms with Gasteiger partial charge in [-0.2, -0.15) is 0 Å². The minimum Gasteiger partial charge on any atom is -0.374 e. The molecule has 0 saturated carbocycles. The van der Waals surface area contributed by atoms with Crippen LogP contribution in [0.25, 0.3) is 0 Å². The van der Waals surface area contributed by atoms with Crippen molar-refractivity contribution in [2.75, 3.05) is 19.8 Å². The topological polar surface area (TPSA) is 27.7 Å². The van der Waals surface area contributed by atoms with E-state index in [2.05, 4.69) is 0 Å². The van der Waals surface area contributed by atoms with Crippen LogP contribution in [0.2, 0.25) is 6.55 Å². The summed E-state index contributed by atoms with van der Waals surface area (Å²) in [6, 6.07) is 0. The molecule has 0 atom stereocenters. The zero-order valence-electron chi connectivity index (χ0n) is 8.16. The third-order valence-electron chi connectivity index (χ3n) is 1.22. The van der Waals surface area contributed by atoms with Crippen molar-refractivity contribution in [3.05, 3.63) is 0 Å². The normalized spacial score (nSPS) is 11.0. The van der Waals surface area contributed by atoms with Gasteiger partial charge in [-0.15, -0.1) is 0 Å². The third-order valence-corrected chi connectivity index (χ3v) is 3.66. The molecule has 0 amide bonds. The summed E-state index contributed by atoms with van der Waals surface area (Å²) in [4.78, 5) is 0. The molecule has 78 valence electrons. The SMILES string of the molecule is CCO[Si](C)(OCC)OCC.[Pt]. The molecule has 0 bridgehead atoms. The van der Waals surface area contributed by atoms with Crippen LogP contribution in [-0.4, -0.2) is 28.6 Å². The molecule has 0 aromatic rings. The summed E-state index contributed by atoms with van der Waals surface area (Å²) in [6.07, 6.45) is 0. The summed E-state index contributed by atoms with van der Waals surface area (Å²) < 4.78 is 16.2. The van der Waals surface area contributed by atoms with Crippen LogP contribution in [0.15, 0.2) is 0 Å². The summed E-state index contributed by atoms with van der Waals surface area (Å²) in [7, 11) is -2.25. The van der Waals surface area contributed by atoms with Gasteiger partial charge in [-0.1, -0.05) is 0 Å². The van der Waals surface area contributed by atoms with Gasteiger partial charge in [-0.3, -0.25) is 0 Å². The van der Waals surface area contributed by atoms with Gasteiger partial charge in [0.1, 0.15) is 0 Å². The quantitative estimate of drug-likeness (QED) is 0.663. The van der Waals surface area contributed by atoms with Gasteiger partial charge < -0.3 is 13.3 Å². The Bertz CT molecular complexity index is 85.6. The third kappa shape index (κ3) is 6.32. The minimum absolute atomic E-state index is 0. The predicted octanol–water partition coefficient (Wildman–Crippen LogP) is 1.66. The van der Waals surface area contributed by atoms with Gasteiger partial charge in [0.25, 0.3) is 0 Å². The van der Waals surface area contributed by atoms with E-state index in [0.29, 0.717) is 19.8 Å². The van der Waals surface area contributed by atoms with E-state index >= 15 is 0 Å². The molecule has 12 heavy (non-hydrogen) atoms. The van der Waals surface area contributed by atoms with E-state index in [9.17, 15) is 0 Å². The van der Waals surface area contributed by atoms with Crippen LogP contribution in [0.1, 0.15) is 20.8 Å². The van der Waals surface area contributed by atoms with Gasteiger partial charge in [0, 0.05) is 47.4 Å². The Balaban J connectivity index is 0. The zero-order chi connectivity index (χ0) is 8.74. The fourth-order valence-corrected chi connectivity index (χ4v) is 2.73. The number of hydrogen-bond donors (Lipinski definition) is 0. The molecule has 0 rings (SSSR count). The first-order chi connectivity index (χ1) is 5.18. The van der Waals surface area contributed by atoms with Gasteiger partial charge in [0.15, 0.2) is 0 Å².